The zero-order chi connectivity index (χ0) is 15.6. The summed E-state index contributed by atoms with van der Waals surface area (Å²) in [5.74, 6) is -0.622. The summed E-state index contributed by atoms with van der Waals surface area (Å²) in [7, 11) is 0. The van der Waals surface area contributed by atoms with Crippen molar-refractivity contribution in [2.45, 2.75) is 45.8 Å². The third kappa shape index (κ3) is 3.84. The van der Waals surface area contributed by atoms with Crippen molar-refractivity contribution in [1.82, 2.24) is 4.90 Å². The number of benzene rings is 1. The molecule has 1 heterocycles. The lowest BCUT2D eigenvalue weighted by Gasteiger charge is -2.26. The summed E-state index contributed by atoms with van der Waals surface area (Å²) in [6.07, 6.45) is 0.242. The first-order valence-electron chi connectivity index (χ1n) is 7.35. The summed E-state index contributed by atoms with van der Waals surface area (Å²) in [4.78, 5) is 26.1. The van der Waals surface area contributed by atoms with Crippen molar-refractivity contribution in [3.63, 3.8) is 0 Å². The van der Waals surface area contributed by atoms with Crippen molar-refractivity contribution >= 4 is 11.9 Å². The third-order valence-corrected chi connectivity index (χ3v) is 3.65. The van der Waals surface area contributed by atoms with E-state index in [2.05, 4.69) is 0 Å². The Kier molecular flexibility index (Phi) is 4.35. The third-order valence-electron chi connectivity index (χ3n) is 3.65. The van der Waals surface area contributed by atoms with E-state index >= 15 is 0 Å². The summed E-state index contributed by atoms with van der Waals surface area (Å²) in [6.45, 7) is 7.94. The maximum Gasteiger partial charge on any atom is 0.311 e. The van der Waals surface area contributed by atoms with Gasteiger partial charge >= 0.3 is 5.97 Å². The quantitative estimate of drug-likeness (QED) is 0.804. The van der Waals surface area contributed by atoms with Gasteiger partial charge in [-0.3, -0.25) is 9.59 Å². The molecule has 0 saturated carbocycles. The Bertz CT molecular complexity index is 519. The van der Waals surface area contributed by atoms with Gasteiger partial charge in [0.25, 0.3) is 0 Å². The number of hydrogen-bond donors (Lipinski definition) is 0. The molecule has 2 rings (SSSR count). The van der Waals surface area contributed by atoms with E-state index in [0.29, 0.717) is 6.54 Å². The van der Waals surface area contributed by atoms with E-state index in [1.807, 2.05) is 58.0 Å². The van der Waals surface area contributed by atoms with E-state index < -0.39 is 5.60 Å². The summed E-state index contributed by atoms with van der Waals surface area (Å²) in [5.41, 5.74) is 0.564. The number of hydrogen-bond acceptors (Lipinski definition) is 3. The zero-order valence-corrected chi connectivity index (χ0v) is 13.1. The van der Waals surface area contributed by atoms with E-state index in [1.54, 1.807) is 4.90 Å². The first-order valence-corrected chi connectivity index (χ1v) is 7.35. The van der Waals surface area contributed by atoms with Crippen LogP contribution in [0.15, 0.2) is 30.3 Å². The minimum atomic E-state index is -0.515. The van der Waals surface area contributed by atoms with Gasteiger partial charge in [-0.25, -0.2) is 0 Å². The second kappa shape index (κ2) is 5.88. The normalized spacial score (nSPS) is 20.5. The Labute approximate surface area is 126 Å². The van der Waals surface area contributed by atoms with E-state index in [0.717, 1.165) is 5.56 Å². The molecule has 114 valence electrons. The molecule has 1 amide bonds. The maximum atomic E-state index is 12.2. The first kappa shape index (κ1) is 15.5. The minimum Gasteiger partial charge on any atom is -0.460 e. The lowest BCUT2D eigenvalue weighted by atomic mass is 10.1. The van der Waals surface area contributed by atoms with Crippen LogP contribution in [0.2, 0.25) is 0 Å². The van der Waals surface area contributed by atoms with Crippen LogP contribution in [0.25, 0.3) is 0 Å². The van der Waals surface area contributed by atoms with Crippen LogP contribution in [0.3, 0.4) is 0 Å². The van der Waals surface area contributed by atoms with Gasteiger partial charge in [0.05, 0.1) is 12.0 Å². The average molecular weight is 289 g/mol. The SMILES string of the molecule is C[C@H](c1ccccc1)N1C[C@H](C(=O)OC(C)(C)C)CC1=O. The monoisotopic (exact) mass is 289 g/mol. The number of carbonyl (C=O) groups excluding carboxylic acids is 2. The molecule has 2 atom stereocenters. The molecule has 0 N–H and O–H groups in total. The Morgan fingerprint density at radius 2 is 1.90 bits per heavy atom. The van der Waals surface area contributed by atoms with E-state index in [-0.39, 0.29) is 30.3 Å². The van der Waals surface area contributed by atoms with Crippen LogP contribution in [-0.2, 0) is 14.3 Å². The van der Waals surface area contributed by atoms with Gasteiger partial charge < -0.3 is 9.64 Å². The highest BCUT2D eigenvalue weighted by atomic mass is 16.6. The molecule has 0 aliphatic carbocycles. The van der Waals surface area contributed by atoms with E-state index in [9.17, 15) is 9.59 Å². The molecule has 0 unspecified atom stereocenters. The zero-order valence-electron chi connectivity index (χ0n) is 13.1. The highest BCUT2D eigenvalue weighted by Crippen LogP contribution is 2.29. The van der Waals surface area contributed by atoms with Gasteiger partial charge in [0, 0.05) is 13.0 Å². The molecule has 21 heavy (non-hydrogen) atoms. The lowest BCUT2D eigenvalue weighted by Crippen LogP contribution is -2.32. The maximum absolute atomic E-state index is 12.2. The number of nitrogens with zero attached hydrogens (tertiary/aromatic N) is 1. The van der Waals surface area contributed by atoms with Gasteiger partial charge in [0.2, 0.25) is 5.91 Å². The molecule has 0 radical (unpaired) electrons. The molecule has 1 fully saturated rings. The molecule has 1 aromatic rings. The predicted octanol–water partition coefficient (Wildman–Crippen LogP) is 2.94. The van der Waals surface area contributed by atoms with E-state index in [1.165, 1.54) is 0 Å². The second-order valence-electron chi connectivity index (χ2n) is 6.57. The van der Waals surface area contributed by atoms with Crippen molar-refractivity contribution < 1.29 is 14.3 Å². The number of esters is 1. The number of rotatable bonds is 3. The van der Waals surface area contributed by atoms with Crippen molar-refractivity contribution in [1.29, 1.82) is 0 Å². The van der Waals surface area contributed by atoms with Gasteiger partial charge in [-0.2, -0.15) is 0 Å². The van der Waals surface area contributed by atoms with Crippen LogP contribution in [-0.4, -0.2) is 28.9 Å². The number of amides is 1. The summed E-state index contributed by atoms with van der Waals surface area (Å²) in [6, 6.07) is 9.84. The molecule has 1 saturated heterocycles. The summed E-state index contributed by atoms with van der Waals surface area (Å²) < 4.78 is 5.39. The van der Waals surface area contributed by atoms with Gasteiger partial charge in [-0.1, -0.05) is 30.3 Å². The molecule has 1 aliphatic rings. The fourth-order valence-electron chi connectivity index (χ4n) is 2.56. The van der Waals surface area contributed by atoms with Gasteiger partial charge in [0.1, 0.15) is 5.60 Å². The average Bonchev–Trinajstić information content (AvgIpc) is 2.79. The molecule has 0 spiro atoms. The Morgan fingerprint density at radius 3 is 2.48 bits per heavy atom. The Balaban J connectivity index is 2.05. The van der Waals surface area contributed by atoms with Gasteiger partial charge in [-0.15, -0.1) is 0 Å². The molecule has 4 nitrogen and oxygen atoms in total. The minimum absolute atomic E-state index is 0.0159. The van der Waals surface area contributed by atoms with Crippen LogP contribution in [0, 0.1) is 5.92 Å². The Morgan fingerprint density at radius 1 is 1.29 bits per heavy atom. The first-order chi connectivity index (χ1) is 9.78. The lowest BCUT2D eigenvalue weighted by molar-refractivity contribution is -0.159. The van der Waals surface area contributed by atoms with Crippen LogP contribution < -0.4 is 0 Å². The van der Waals surface area contributed by atoms with Crippen LogP contribution in [0.5, 0.6) is 0 Å². The van der Waals surface area contributed by atoms with Crippen molar-refractivity contribution in [3.05, 3.63) is 35.9 Å². The van der Waals surface area contributed by atoms with Crippen molar-refractivity contribution in [2.24, 2.45) is 5.92 Å². The number of likely N-dealkylation sites (tertiary alicyclic amines) is 1. The fraction of sp³-hybridized carbons (Fsp3) is 0.529. The van der Waals surface area contributed by atoms with Gasteiger partial charge in [0.15, 0.2) is 0 Å². The highest BCUT2D eigenvalue weighted by Gasteiger charge is 2.38. The smallest absolute Gasteiger partial charge is 0.311 e. The summed E-state index contributed by atoms with van der Waals surface area (Å²) in [5, 5.41) is 0. The van der Waals surface area contributed by atoms with Crippen molar-refractivity contribution in [2.75, 3.05) is 6.54 Å². The molecule has 0 bridgehead atoms. The molecular formula is C17H23NO3. The second-order valence-corrected chi connectivity index (χ2v) is 6.57. The molecule has 4 heteroatoms. The van der Waals surface area contributed by atoms with Gasteiger partial charge in [-0.05, 0) is 33.3 Å². The van der Waals surface area contributed by atoms with Crippen LogP contribution >= 0.6 is 0 Å². The van der Waals surface area contributed by atoms with E-state index in [4.69, 9.17) is 4.74 Å². The number of ether oxygens (including phenoxy) is 1. The highest BCUT2D eigenvalue weighted by molar-refractivity contribution is 5.87. The largest absolute Gasteiger partial charge is 0.460 e. The molecule has 1 aromatic carbocycles. The standard InChI is InChI=1S/C17H23NO3/c1-12(13-8-6-5-7-9-13)18-11-14(10-15(18)19)16(20)21-17(2,3)4/h5-9,12,14H,10-11H2,1-4H3/t12-,14-/m1/s1. The predicted molar refractivity (Wildman–Crippen MR) is 80.5 cm³/mol. The van der Waals surface area contributed by atoms with Crippen LogP contribution in [0.4, 0.5) is 0 Å². The molecule has 1 aliphatic heterocycles. The van der Waals surface area contributed by atoms with Crippen molar-refractivity contribution in [3.8, 4) is 0 Å². The van der Waals surface area contributed by atoms with Crippen LogP contribution in [0.1, 0.15) is 45.7 Å². The summed E-state index contributed by atoms with van der Waals surface area (Å²) >= 11 is 0. The molecular weight excluding hydrogens is 266 g/mol. The Hall–Kier alpha value is -1.84. The molecule has 0 aromatic heterocycles. The number of carbonyl (C=O) groups is 2. The topological polar surface area (TPSA) is 46.6 Å². The fourth-order valence-corrected chi connectivity index (χ4v) is 2.56.